The van der Waals surface area contributed by atoms with Gasteiger partial charge in [-0.25, -0.2) is 0 Å². The lowest BCUT2D eigenvalue weighted by atomic mass is 10.0. The predicted octanol–water partition coefficient (Wildman–Crippen LogP) is 5.17. The molecule has 1 aliphatic rings. The van der Waals surface area contributed by atoms with Gasteiger partial charge in [0, 0.05) is 16.0 Å². The molecule has 3 rings (SSSR count). The van der Waals surface area contributed by atoms with Crippen LogP contribution >= 0.6 is 27.7 Å². The van der Waals surface area contributed by atoms with E-state index in [0.717, 1.165) is 27.4 Å². The summed E-state index contributed by atoms with van der Waals surface area (Å²) < 4.78 is 6.58. The lowest BCUT2D eigenvalue weighted by molar-refractivity contribution is 0.415. The molecular formula is C17H18BrNOS. The van der Waals surface area contributed by atoms with Gasteiger partial charge in [-0.15, -0.1) is 0 Å². The Labute approximate surface area is 138 Å². The highest BCUT2D eigenvalue weighted by Crippen LogP contribution is 2.38. The second-order valence-corrected chi connectivity index (χ2v) is 7.16. The van der Waals surface area contributed by atoms with Crippen molar-refractivity contribution in [3.63, 3.8) is 0 Å². The predicted molar refractivity (Wildman–Crippen MR) is 94.4 cm³/mol. The summed E-state index contributed by atoms with van der Waals surface area (Å²) in [6.45, 7) is 2.11. The summed E-state index contributed by atoms with van der Waals surface area (Å²) in [6.07, 6.45) is 0. The molecule has 0 aromatic heterocycles. The van der Waals surface area contributed by atoms with Gasteiger partial charge in [-0.05, 0) is 35.7 Å². The van der Waals surface area contributed by atoms with Gasteiger partial charge < -0.3 is 10.1 Å². The number of aryl methyl sites for hydroxylation is 1. The lowest BCUT2D eigenvalue weighted by Crippen LogP contribution is -2.19. The lowest BCUT2D eigenvalue weighted by Gasteiger charge is -2.28. The van der Waals surface area contributed by atoms with E-state index in [1.807, 2.05) is 17.8 Å². The molecule has 110 valence electrons. The number of benzene rings is 2. The summed E-state index contributed by atoms with van der Waals surface area (Å²) in [4.78, 5) is 0. The number of methoxy groups -OCH3 is 1. The third-order valence-corrected chi connectivity index (χ3v) is 5.32. The quantitative estimate of drug-likeness (QED) is 0.812. The largest absolute Gasteiger partial charge is 0.495 e. The van der Waals surface area contributed by atoms with Gasteiger partial charge in [0.2, 0.25) is 0 Å². The zero-order valence-electron chi connectivity index (χ0n) is 12.2. The van der Waals surface area contributed by atoms with E-state index >= 15 is 0 Å². The SMILES string of the molecule is COc1cc(Br)cc(C)c1NC1CSCc2ccccc21. The molecule has 0 saturated heterocycles. The maximum atomic E-state index is 5.54. The van der Waals surface area contributed by atoms with Gasteiger partial charge in [0.05, 0.1) is 18.8 Å². The summed E-state index contributed by atoms with van der Waals surface area (Å²) in [5.41, 5.74) is 5.11. The van der Waals surface area contributed by atoms with E-state index in [9.17, 15) is 0 Å². The Hall–Kier alpha value is -1.13. The minimum absolute atomic E-state index is 0.328. The second-order valence-electron chi connectivity index (χ2n) is 5.21. The molecule has 2 aromatic carbocycles. The number of hydrogen-bond acceptors (Lipinski definition) is 3. The van der Waals surface area contributed by atoms with Crippen LogP contribution in [-0.4, -0.2) is 12.9 Å². The van der Waals surface area contributed by atoms with Crippen LogP contribution in [0.2, 0.25) is 0 Å². The number of anilines is 1. The van der Waals surface area contributed by atoms with Gasteiger partial charge >= 0.3 is 0 Å². The molecule has 0 amide bonds. The maximum Gasteiger partial charge on any atom is 0.143 e. The Bertz CT molecular complexity index is 659. The molecule has 0 fully saturated rings. The van der Waals surface area contributed by atoms with Crippen molar-refractivity contribution in [3.8, 4) is 5.75 Å². The Balaban J connectivity index is 1.95. The smallest absolute Gasteiger partial charge is 0.143 e. The third-order valence-electron chi connectivity index (χ3n) is 3.78. The van der Waals surface area contributed by atoms with Crippen molar-refractivity contribution in [2.45, 2.75) is 18.7 Å². The molecule has 2 aromatic rings. The molecule has 1 aliphatic heterocycles. The first-order valence-corrected chi connectivity index (χ1v) is 8.90. The number of halogens is 1. The zero-order chi connectivity index (χ0) is 14.8. The van der Waals surface area contributed by atoms with Gasteiger partial charge in [-0.1, -0.05) is 40.2 Å². The molecule has 0 aliphatic carbocycles. The van der Waals surface area contributed by atoms with Gasteiger partial charge in [0.1, 0.15) is 5.75 Å². The fourth-order valence-corrected chi connectivity index (χ4v) is 4.38. The normalized spacial score (nSPS) is 17.2. The molecular weight excluding hydrogens is 346 g/mol. The first-order valence-electron chi connectivity index (χ1n) is 6.95. The molecule has 4 heteroatoms. The van der Waals surface area contributed by atoms with Gasteiger partial charge in [0.25, 0.3) is 0 Å². The summed E-state index contributed by atoms with van der Waals surface area (Å²) >= 11 is 5.50. The van der Waals surface area contributed by atoms with Crippen LogP contribution in [-0.2, 0) is 5.75 Å². The van der Waals surface area contributed by atoms with E-state index in [1.165, 1.54) is 16.7 Å². The minimum Gasteiger partial charge on any atom is -0.495 e. The monoisotopic (exact) mass is 363 g/mol. The number of nitrogens with one attached hydrogen (secondary N) is 1. The van der Waals surface area contributed by atoms with Crippen LogP contribution in [0.4, 0.5) is 5.69 Å². The van der Waals surface area contributed by atoms with Crippen LogP contribution < -0.4 is 10.1 Å². The third kappa shape index (κ3) is 3.06. The zero-order valence-corrected chi connectivity index (χ0v) is 14.6. The molecule has 1 heterocycles. The summed E-state index contributed by atoms with van der Waals surface area (Å²) in [7, 11) is 1.72. The minimum atomic E-state index is 0.328. The average molecular weight is 364 g/mol. The topological polar surface area (TPSA) is 21.3 Å². The molecule has 2 nitrogen and oxygen atoms in total. The van der Waals surface area contributed by atoms with E-state index in [0.29, 0.717) is 6.04 Å². The summed E-state index contributed by atoms with van der Waals surface area (Å²) in [5, 5.41) is 3.69. The van der Waals surface area contributed by atoms with Crippen LogP contribution in [0, 0.1) is 6.92 Å². The van der Waals surface area contributed by atoms with E-state index in [1.54, 1.807) is 7.11 Å². The van der Waals surface area contributed by atoms with E-state index in [-0.39, 0.29) is 0 Å². The van der Waals surface area contributed by atoms with Crippen LogP contribution in [0.3, 0.4) is 0 Å². The van der Waals surface area contributed by atoms with Gasteiger partial charge in [-0.2, -0.15) is 11.8 Å². The van der Waals surface area contributed by atoms with Crippen molar-refractivity contribution < 1.29 is 4.74 Å². The molecule has 0 bridgehead atoms. The molecule has 1 unspecified atom stereocenters. The fraction of sp³-hybridized carbons (Fsp3) is 0.294. The van der Waals surface area contributed by atoms with Crippen molar-refractivity contribution in [1.82, 2.24) is 0 Å². The number of thioether (sulfide) groups is 1. The Morgan fingerprint density at radius 3 is 2.90 bits per heavy atom. The molecule has 1 N–H and O–H groups in total. The van der Waals surface area contributed by atoms with E-state index < -0.39 is 0 Å². The average Bonchev–Trinajstić information content (AvgIpc) is 2.50. The first kappa shape index (κ1) is 14.8. The van der Waals surface area contributed by atoms with Crippen molar-refractivity contribution >= 4 is 33.4 Å². The number of rotatable bonds is 3. The molecule has 0 saturated carbocycles. The Morgan fingerprint density at radius 1 is 1.29 bits per heavy atom. The van der Waals surface area contributed by atoms with Crippen LogP contribution in [0.25, 0.3) is 0 Å². The van der Waals surface area contributed by atoms with Crippen LogP contribution in [0.1, 0.15) is 22.7 Å². The molecule has 0 spiro atoms. The van der Waals surface area contributed by atoms with Crippen LogP contribution in [0.15, 0.2) is 40.9 Å². The Kier molecular flexibility index (Phi) is 4.45. The summed E-state index contributed by atoms with van der Waals surface area (Å²) in [5.74, 6) is 3.07. The highest BCUT2D eigenvalue weighted by atomic mass is 79.9. The van der Waals surface area contributed by atoms with Crippen LogP contribution in [0.5, 0.6) is 5.75 Å². The molecule has 0 radical (unpaired) electrons. The second kappa shape index (κ2) is 6.32. The highest BCUT2D eigenvalue weighted by molar-refractivity contribution is 9.10. The fourth-order valence-electron chi connectivity index (χ4n) is 2.73. The first-order chi connectivity index (χ1) is 10.2. The molecule has 21 heavy (non-hydrogen) atoms. The van der Waals surface area contributed by atoms with Crippen molar-refractivity contribution in [3.05, 3.63) is 57.6 Å². The van der Waals surface area contributed by atoms with Crippen molar-refractivity contribution in [1.29, 1.82) is 0 Å². The van der Waals surface area contributed by atoms with Gasteiger partial charge in [0.15, 0.2) is 0 Å². The maximum absolute atomic E-state index is 5.54. The number of ether oxygens (including phenoxy) is 1. The Morgan fingerprint density at radius 2 is 2.10 bits per heavy atom. The summed E-state index contributed by atoms with van der Waals surface area (Å²) in [6, 6.07) is 13.1. The van der Waals surface area contributed by atoms with E-state index in [2.05, 4.69) is 58.5 Å². The van der Waals surface area contributed by atoms with E-state index in [4.69, 9.17) is 4.74 Å². The number of fused-ring (bicyclic) bond motifs is 1. The van der Waals surface area contributed by atoms with Gasteiger partial charge in [-0.3, -0.25) is 0 Å². The van der Waals surface area contributed by atoms with Crippen molar-refractivity contribution in [2.24, 2.45) is 0 Å². The highest BCUT2D eigenvalue weighted by Gasteiger charge is 2.21. The molecule has 1 atom stereocenters. The van der Waals surface area contributed by atoms with Crippen molar-refractivity contribution in [2.75, 3.05) is 18.2 Å². The standard InChI is InChI=1S/C17H18BrNOS/c1-11-7-13(18)8-16(20-2)17(11)19-15-10-21-9-12-5-3-4-6-14(12)15/h3-8,15,19H,9-10H2,1-2H3. The number of hydrogen-bond donors (Lipinski definition) is 1.